The van der Waals surface area contributed by atoms with E-state index in [-0.39, 0.29) is 6.03 Å². The van der Waals surface area contributed by atoms with E-state index in [1.54, 1.807) is 30.6 Å². The van der Waals surface area contributed by atoms with E-state index < -0.39 is 0 Å². The first kappa shape index (κ1) is 14.0. The molecular weight excluding hydrogens is 298 g/mol. The van der Waals surface area contributed by atoms with Gasteiger partial charge in [0.05, 0.1) is 21.8 Å². The molecule has 0 saturated heterocycles. The minimum absolute atomic E-state index is 0.323. The minimum atomic E-state index is -0.323. The van der Waals surface area contributed by atoms with Crippen molar-refractivity contribution >= 4 is 32.7 Å². The highest BCUT2D eigenvalue weighted by Gasteiger charge is 2.08. The molecule has 0 fully saturated rings. The van der Waals surface area contributed by atoms with E-state index in [2.05, 4.69) is 26.7 Å². The summed E-state index contributed by atoms with van der Waals surface area (Å²) >= 11 is 1.33. The summed E-state index contributed by atoms with van der Waals surface area (Å²) in [5.41, 5.74) is 2.30. The third kappa shape index (κ3) is 3.19. The molecule has 3 aromatic rings. The van der Waals surface area contributed by atoms with Gasteiger partial charge in [-0.25, -0.2) is 9.78 Å². The Morgan fingerprint density at radius 1 is 1.27 bits per heavy atom. The summed E-state index contributed by atoms with van der Waals surface area (Å²) in [5.74, 6) is 0. The number of hydrogen-bond donors (Lipinski definition) is 2. The minimum Gasteiger partial charge on any atom is -0.334 e. The summed E-state index contributed by atoms with van der Waals surface area (Å²) in [6, 6.07) is 10.7. The lowest BCUT2D eigenvalue weighted by atomic mass is 10.2. The number of urea groups is 1. The number of carbonyl (C=O) groups excluding carboxylic acids is 1. The van der Waals surface area contributed by atoms with Crippen molar-refractivity contribution in [3.63, 3.8) is 0 Å². The Hall–Kier alpha value is -2.98. The normalized spacial score (nSPS) is 10.1. The number of hydrogen-bond acceptors (Lipinski definition) is 5. The Labute approximate surface area is 130 Å². The van der Waals surface area contributed by atoms with Crippen LogP contribution in [0.4, 0.5) is 9.93 Å². The number of thiazole rings is 1. The Morgan fingerprint density at radius 2 is 2.09 bits per heavy atom. The Balaban J connectivity index is 1.65. The van der Waals surface area contributed by atoms with Crippen LogP contribution in [0.1, 0.15) is 11.1 Å². The number of nitrogens with zero attached hydrogens (tertiary/aromatic N) is 3. The summed E-state index contributed by atoms with van der Waals surface area (Å²) in [4.78, 5) is 20.1. The average molecular weight is 309 g/mol. The number of nitrogens with one attached hydrogen (secondary N) is 2. The van der Waals surface area contributed by atoms with E-state index in [4.69, 9.17) is 5.26 Å². The fourth-order valence-electron chi connectivity index (χ4n) is 1.87. The molecule has 0 unspecified atom stereocenters. The van der Waals surface area contributed by atoms with Gasteiger partial charge in [0, 0.05) is 18.9 Å². The molecule has 0 bridgehead atoms. The van der Waals surface area contributed by atoms with E-state index in [9.17, 15) is 4.79 Å². The predicted molar refractivity (Wildman–Crippen MR) is 84.4 cm³/mol. The molecule has 1 aromatic carbocycles. The Morgan fingerprint density at radius 3 is 2.86 bits per heavy atom. The number of benzene rings is 1. The molecule has 22 heavy (non-hydrogen) atoms. The molecule has 2 aromatic heterocycles. The van der Waals surface area contributed by atoms with Gasteiger partial charge in [-0.3, -0.25) is 10.3 Å². The fraction of sp³-hybridized carbons (Fsp3) is 0.0667. The molecule has 0 atom stereocenters. The van der Waals surface area contributed by atoms with Gasteiger partial charge in [0.2, 0.25) is 0 Å². The van der Waals surface area contributed by atoms with Gasteiger partial charge in [-0.05, 0) is 35.9 Å². The summed E-state index contributed by atoms with van der Waals surface area (Å²) < 4.78 is 0.864. The van der Waals surface area contributed by atoms with Crippen molar-refractivity contribution in [3.05, 3.63) is 53.9 Å². The summed E-state index contributed by atoms with van der Waals surface area (Å²) in [5, 5.41) is 14.8. The lowest BCUT2D eigenvalue weighted by Crippen LogP contribution is -2.28. The maximum Gasteiger partial charge on any atom is 0.321 e. The van der Waals surface area contributed by atoms with Crippen molar-refractivity contribution in [2.24, 2.45) is 0 Å². The molecular formula is C15H11N5OS. The number of pyridine rings is 1. The van der Waals surface area contributed by atoms with Gasteiger partial charge < -0.3 is 5.32 Å². The van der Waals surface area contributed by atoms with Crippen molar-refractivity contribution in [1.82, 2.24) is 15.3 Å². The number of aromatic nitrogens is 2. The molecule has 0 saturated carbocycles. The number of carbonyl (C=O) groups is 1. The summed E-state index contributed by atoms with van der Waals surface area (Å²) in [7, 11) is 0. The molecule has 0 aliphatic rings. The van der Waals surface area contributed by atoms with Crippen LogP contribution in [0.15, 0.2) is 42.7 Å². The van der Waals surface area contributed by atoms with Crippen LogP contribution in [0.2, 0.25) is 0 Å². The number of nitriles is 1. The van der Waals surface area contributed by atoms with E-state index in [1.165, 1.54) is 11.3 Å². The second kappa shape index (κ2) is 6.20. The van der Waals surface area contributed by atoms with Gasteiger partial charge in [0.25, 0.3) is 0 Å². The summed E-state index contributed by atoms with van der Waals surface area (Å²) in [6.45, 7) is 0.415. The second-order valence-electron chi connectivity index (χ2n) is 4.48. The van der Waals surface area contributed by atoms with Gasteiger partial charge in [-0.1, -0.05) is 11.3 Å². The lowest BCUT2D eigenvalue weighted by Gasteiger charge is -2.04. The van der Waals surface area contributed by atoms with Crippen LogP contribution >= 0.6 is 11.3 Å². The van der Waals surface area contributed by atoms with Crippen molar-refractivity contribution in [2.45, 2.75) is 6.54 Å². The number of fused-ring (bicyclic) bond motifs is 1. The molecule has 0 aliphatic heterocycles. The first-order valence-electron chi connectivity index (χ1n) is 6.49. The van der Waals surface area contributed by atoms with Crippen molar-refractivity contribution in [2.75, 3.05) is 5.32 Å². The standard InChI is InChI=1S/C15H11N5OS/c16-8-11-1-2-12-13(7-11)22-15(19-12)20-14(21)18-9-10-3-5-17-6-4-10/h1-7H,9H2,(H2,18,19,20,21). The molecule has 0 spiro atoms. The van der Waals surface area contributed by atoms with Crippen LogP contribution in [0.25, 0.3) is 10.2 Å². The van der Waals surface area contributed by atoms with Crippen LogP contribution in [-0.4, -0.2) is 16.0 Å². The van der Waals surface area contributed by atoms with Gasteiger partial charge in [-0.2, -0.15) is 5.26 Å². The quantitative estimate of drug-likeness (QED) is 0.778. The van der Waals surface area contributed by atoms with E-state index in [0.717, 1.165) is 15.8 Å². The van der Waals surface area contributed by atoms with E-state index in [1.807, 2.05) is 12.1 Å². The third-order valence-electron chi connectivity index (χ3n) is 2.94. The van der Waals surface area contributed by atoms with Gasteiger partial charge in [0.1, 0.15) is 0 Å². The SMILES string of the molecule is N#Cc1ccc2nc(NC(=O)NCc3ccncc3)sc2c1. The highest BCUT2D eigenvalue weighted by atomic mass is 32.1. The first-order valence-corrected chi connectivity index (χ1v) is 7.31. The number of anilines is 1. The van der Waals surface area contributed by atoms with E-state index in [0.29, 0.717) is 17.2 Å². The highest BCUT2D eigenvalue weighted by molar-refractivity contribution is 7.22. The van der Waals surface area contributed by atoms with Gasteiger partial charge >= 0.3 is 6.03 Å². The molecule has 2 heterocycles. The zero-order valence-corrected chi connectivity index (χ0v) is 12.2. The highest BCUT2D eigenvalue weighted by Crippen LogP contribution is 2.26. The Bertz CT molecular complexity index is 853. The molecule has 6 nitrogen and oxygen atoms in total. The van der Waals surface area contributed by atoms with Crippen molar-refractivity contribution in [3.8, 4) is 6.07 Å². The first-order chi connectivity index (χ1) is 10.7. The van der Waals surface area contributed by atoms with Crippen LogP contribution in [0, 0.1) is 11.3 Å². The Kier molecular flexibility index (Phi) is 3.94. The molecule has 3 rings (SSSR count). The molecule has 2 N–H and O–H groups in total. The number of rotatable bonds is 3. The van der Waals surface area contributed by atoms with Crippen LogP contribution in [0.5, 0.6) is 0 Å². The predicted octanol–water partition coefficient (Wildman–Crippen LogP) is 2.88. The van der Waals surface area contributed by atoms with Crippen LogP contribution in [0.3, 0.4) is 0 Å². The number of amides is 2. The molecule has 0 radical (unpaired) electrons. The monoisotopic (exact) mass is 309 g/mol. The summed E-state index contributed by atoms with van der Waals surface area (Å²) in [6.07, 6.45) is 3.35. The second-order valence-corrected chi connectivity index (χ2v) is 5.51. The molecule has 0 aliphatic carbocycles. The van der Waals surface area contributed by atoms with Crippen LogP contribution < -0.4 is 10.6 Å². The van der Waals surface area contributed by atoms with Crippen molar-refractivity contribution in [1.29, 1.82) is 5.26 Å². The fourth-order valence-corrected chi connectivity index (χ4v) is 2.77. The zero-order chi connectivity index (χ0) is 15.4. The zero-order valence-electron chi connectivity index (χ0n) is 11.4. The molecule has 108 valence electrons. The molecule has 7 heteroatoms. The van der Waals surface area contributed by atoms with Crippen LogP contribution in [-0.2, 0) is 6.54 Å². The van der Waals surface area contributed by atoms with Gasteiger partial charge in [-0.15, -0.1) is 0 Å². The van der Waals surface area contributed by atoms with E-state index >= 15 is 0 Å². The topological polar surface area (TPSA) is 90.7 Å². The van der Waals surface area contributed by atoms with Crippen molar-refractivity contribution < 1.29 is 4.79 Å². The van der Waals surface area contributed by atoms with Gasteiger partial charge in [0.15, 0.2) is 5.13 Å². The largest absolute Gasteiger partial charge is 0.334 e. The maximum absolute atomic E-state index is 11.9. The maximum atomic E-state index is 11.9. The average Bonchev–Trinajstić information content (AvgIpc) is 2.95. The third-order valence-corrected chi connectivity index (χ3v) is 3.87. The lowest BCUT2D eigenvalue weighted by molar-refractivity contribution is 0.251. The molecule has 2 amide bonds. The smallest absolute Gasteiger partial charge is 0.321 e.